The molecule has 110 valence electrons. The summed E-state index contributed by atoms with van der Waals surface area (Å²) in [6, 6.07) is 5.20. The molecule has 0 aliphatic carbocycles. The predicted molar refractivity (Wildman–Crippen MR) is 87.2 cm³/mol. The van der Waals surface area contributed by atoms with E-state index in [1.165, 1.54) is 0 Å². The van der Waals surface area contributed by atoms with Crippen LogP contribution >= 0.6 is 34.2 Å². The van der Waals surface area contributed by atoms with Gasteiger partial charge < -0.3 is 10.0 Å². The second-order valence-electron chi connectivity index (χ2n) is 4.72. The summed E-state index contributed by atoms with van der Waals surface area (Å²) in [7, 11) is 0. The molecule has 0 aromatic heterocycles. The Bertz CT molecular complexity index is 505. The standard InChI is InChI=1S/C14H17ClINO3/c1-9(2)17(7-3-4-13(18)19)14(20)10-5-6-12(16)11(15)8-10/h5-6,8-9H,3-4,7H2,1-2H3,(H,18,19). The molecule has 20 heavy (non-hydrogen) atoms. The second-order valence-corrected chi connectivity index (χ2v) is 6.29. The van der Waals surface area contributed by atoms with Crippen LogP contribution in [0, 0.1) is 3.57 Å². The van der Waals surface area contributed by atoms with Crippen molar-refractivity contribution in [3.8, 4) is 0 Å². The molecule has 0 heterocycles. The highest BCUT2D eigenvalue weighted by Crippen LogP contribution is 2.21. The average Bonchev–Trinajstić information content (AvgIpc) is 2.36. The zero-order valence-corrected chi connectivity index (χ0v) is 14.3. The lowest BCUT2D eigenvalue weighted by atomic mass is 10.1. The normalized spacial score (nSPS) is 10.7. The number of carboxylic acids is 1. The molecule has 1 aromatic rings. The van der Waals surface area contributed by atoms with Crippen LogP contribution in [0.25, 0.3) is 0 Å². The van der Waals surface area contributed by atoms with Crippen molar-refractivity contribution in [2.75, 3.05) is 6.54 Å². The lowest BCUT2D eigenvalue weighted by molar-refractivity contribution is -0.137. The summed E-state index contributed by atoms with van der Waals surface area (Å²) < 4.78 is 0.891. The largest absolute Gasteiger partial charge is 0.481 e. The summed E-state index contributed by atoms with van der Waals surface area (Å²) in [4.78, 5) is 24.7. The fourth-order valence-corrected chi connectivity index (χ4v) is 2.31. The van der Waals surface area contributed by atoms with Crippen molar-refractivity contribution in [2.24, 2.45) is 0 Å². The fraction of sp³-hybridized carbons (Fsp3) is 0.429. The van der Waals surface area contributed by atoms with Crippen LogP contribution in [0.15, 0.2) is 18.2 Å². The number of nitrogens with zero attached hydrogens (tertiary/aromatic N) is 1. The van der Waals surface area contributed by atoms with E-state index in [4.69, 9.17) is 16.7 Å². The fourth-order valence-electron chi connectivity index (χ4n) is 1.79. The summed E-state index contributed by atoms with van der Waals surface area (Å²) in [5, 5.41) is 9.21. The minimum atomic E-state index is -0.849. The quantitative estimate of drug-likeness (QED) is 0.730. The van der Waals surface area contributed by atoms with Crippen LogP contribution < -0.4 is 0 Å². The Kier molecular flexibility index (Phi) is 6.75. The van der Waals surface area contributed by atoms with Crippen LogP contribution in [0.1, 0.15) is 37.0 Å². The maximum Gasteiger partial charge on any atom is 0.303 e. The number of carbonyl (C=O) groups is 2. The van der Waals surface area contributed by atoms with Gasteiger partial charge >= 0.3 is 5.97 Å². The van der Waals surface area contributed by atoms with Gasteiger partial charge in [-0.25, -0.2) is 0 Å². The zero-order chi connectivity index (χ0) is 15.3. The minimum Gasteiger partial charge on any atom is -0.481 e. The molecule has 0 spiro atoms. The smallest absolute Gasteiger partial charge is 0.303 e. The number of rotatable bonds is 6. The molecule has 0 atom stereocenters. The van der Waals surface area contributed by atoms with Gasteiger partial charge in [-0.05, 0) is 61.1 Å². The Morgan fingerprint density at radius 3 is 2.55 bits per heavy atom. The summed E-state index contributed by atoms with van der Waals surface area (Å²) in [6.45, 7) is 4.24. The Morgan fingerprint density at radius 1 is 1.40 bits per heavy atom. The number of hydrogen-bond acceptors (Lipinski definition) is 2. The van der Waals surface area contributed by atoms with E-state index < -0.39 is 5.97 Å². The Balaban J connectivity index is 2.82. The summed E-state index contributed by atoms with van der Waals surface area (Å²) in [5.74, 6) is -0.970. The van der Waals surface area contributed by atoms with Gasteiger partial charge in [0.1, 0.15) is 0 Å². The second kappa shape index (κ2) is 7.83. The van der Waals surface area contributed by atoms with Crippen molar-refractivity contribution in [3.05, 3.63) is 32.4 Å². The monoisotopic (exact) mass is 409 g/mol. The van der Waals surface area contributed by atoms with Crippen LogP contribution in [0.2, 0.25) is 5.02 Å². The molecule has 0 radical (unpaired) electrons. The molecule has 0 aliphatic rings. The van der Waals surface area contributed by atoms with E-state index in [1.807, 2.05) is 13.8 Å². The maximum absolute atomic E-state index is 12.4. The van der Waals surface area contributed by atoms with Gasteiger partial charge in [-0.1, -0.05) is 11.6 Å². The van der Waals surface area contributed by atoms with Gasteiger partial charge in [-0.3, -0.25) is 9.59 Å². The molecule has 1 rings (SSSR count). The van der Waals surface area contributed by atoms with Crippen molar-refractivity contribution in [1.29, 1.82) is 0 Å². The number of carboxylic acid groups (broad SMARTS) is 1. The van der Waals surface area contributed by atoms with E-state index in [0.29, 0.717) is 23.6 Å². The first-order valence-electron chi connectivity index (χ1n) is 6.30. The molecular formula is C14H17ClINO3. The SMILES string of the molecule is CC(C)N(CCCC(=O)O)C(=O)c1ccc(I)c(Cl)c1. The number of benzene rings is 1. The Morgan fingerprint density at radius 2 is 2.05 bits per heavy atom. The zero-order valence-electron chi connectivity index (χ0n) is 11.4. The van der Waals surface area contributed by atoms with E-state index in [-0.39, 0.29) is 18.4 Å². The lowest BCUT2D eigenvalue weighted by Crippen LogP contribution is -2.37. The van der Waals surface area contributed by atoms with Crippen molar-refractivity contribution >= 4 is 46.1 Å². The van der Waals surface area contributed by atoms with Crippen molar-refractivity contribution in [2.45, 2.75) is 32.7 Å². The van der Waals surface area contributed by atoms with Gasteiger partial charge in [0, 0.05) is 28.1 Å². The van der Waals surface area contributed by atoms with Gasteiger partial charge in [0.25, 0.3) is 5.91 Å². The van der Waals surface area contributed by atoms with Crippen LogP contribution in [-0.4, -0.2) is 34.5 Å². The molecule has 6 heteroatoms. The Labute approximate surface area is 137 Å². The van der Waals surface area contributed by atoms with Gasteiger partial charge in [0.15, 0.2) is 0 Å². The molecule has 0 bridgehead atoms. The molecule has 0 unspecified atom stereocenters. The predicted octanol–water partition coefficient (Wildman–Crippen LogP) is 3.66. The van der Waals surface area contributed by atoms with Crippen molar-refractivity contribution in [1.82, 2.24) is 4.90 Å². The first-order valence-corrected chi connectivity index (χ1v) is 7.76. The van der Waals surface area contributed by atoms with Crippen LogP contribution in [0.4, 0.5) is 0 Å². The highest BCUT2D eigenvalue weighted by atomic mass is 127. The van der Waals surface area contributed by atoms with Crippen molar-refractivity contribution < 1.29 is 14.7 Å². The highest BCUT2D eigenvalue weighted by molar-refractivity contribution is 14.1. The van der Waals surface area contributed by atoms with Crippen LogP contribution in [-0.2, 0) is 4.79 Å². The van der Waals surface area contributed by atoms with E-state index in [0.717, 1.165) is 3.57 Å². The van der Waals surface area contributed by atoms with Gasteiger partial charge in [-0.15, -0.1) is 0 Å². The number of halogens is 2. The van der Waals surface area contributed by atoms with Crippen LogP contribution in [0.5, 0.6) is 0 Å². The molecule has 4 nitrogen and oxygen atoms in total. The van der Waals surface area contributed by atoms with E-state index in [2.05, 4.69) is 22.6 Å². The molecular weight excluding hydrogens is 393 g/mol. The third-order valence-electron chi connectivity index (χ3n) is 2.84. The summed E-state index contributed by atoms with van der Waals surface area (Å²) >= 11 is 8.14. The number of amides is 1. The maximum atomic E-state index is 12.4. The topological polar surface area (TPSA) is 57.6 Å². The van der Waals surface area contributed by atoms with E-state index in [9.17, 15) is 9.59 Å². The number of carbonyl (C=O) groups excluding carboxylic acids is 1. The van der Waals surface area contributed by atoms with Crippen LogP contribution in [0.3, 0.4) is 0 Å². The molecule has 0 saturated heterocycles. The molecule has 0 aliphatic heterocycles. The Hall–Kier alpha value is -0.820. The van der Waals surface area contributed by atoms with E-state index >= 15 is 0 Å². The first-order chi connectivity index (χ1) is 9.32. The van der Waals surface area contributed by atoms with Gasteiger partial charge in [0.2, 0.25) is 0 Å². The third kappa shape index (κ3) is 4.94. The van der Waals surface area contributed by atoms with E-state index in [1.54, 1.807) is 23.1 Å². The molecule has 0 fully saturated rings. The average molecular weight is 410 g/mol. The van der Waals surface area contributed by atoms with Gasteiger partial charge in [-0.2, -0.15) is 0 Å². The molecule has 1 aromatic carbocycles. The summed E-state index contributed by atoms with van der Waals surface area (Å²) in [6.07, 6.45) is 0.501. The lowest BCUT2D eigenvalue weighted by Gasteiger charge is -2.26. The summed E-state index contributed by atoms with van der Waals surface area (Å²) in [5.41, 5.74) is 0.527. The number of hydrogen-bond donors (Lipinski definition) is 1. The first kappa shape index (κ1) is 17.2. The molecule has 1 N–H and O–H groups in total. The highest BCUT2D eigenvalue weighted by Gasteiger charge is 2.19. The molecule has 1 amide bonds. The van der Waals surface area contributed by atoms with Gasteiger partial charge in [0.05, 0.1) is 5.02 Å². The van der Waals surface area contributed by atoms with Crippen molar-refractivity contribution in [3.63, 3.8) is 0 Å². The third-order valence-corrected chi connectivity index (χ3v) is 4.41. The minimum absolute atomic E-state index is 0.00866. The molecule has 0 saturated carbocycles. The number of aliphatic carboxylic acids is 1.